The van der Waals surface area contributed by atoms with Crippen molar-refractivity contribution in [3.8, 4) is 0 Å². The molecule has 7 rings (SSSR count). The van der Waals surface area contributed by atoms with Gasteiger partial charge in [-0.1, -0.05) is 65.3 Å². The van der Waals surface area contributed by atoms with E-state index in [0.717, 1.165) is 5.57 Å². The smallest absolute Gasteiger partial charge is 0.340 e. The summed E-state index contributed by atoms with van der Waals surface area (Å²) >= 11 is 0. The molecule has 1 spiro atoms. The quantitative estimate of drug-likeness (QED) is 0.171. The summed E-state index contributed by atoms with van der Waals surface area (Å²) in [5, 5.41) is 45.8. The number of ether oxygens (including phenoxy) is 7. The van der Waals surface area contributed by atoms with Crippen molar-refractivity contribution in [3.63, 3.8) is 0 Å². The fourth-order valence-corrected chi connectivity index (χ4v) is 9.38. The van der Waals surface area contributed by atoms with Crippen LogP contribution in [0.3, 0.4) is 0 Å². The average molecular weight is 769 g/mol. The summed E-state index contributed by atoms with van der Waals surface area (Å²) < 4.78 is 45.2. The summed E-state index contributed by atoms with van der Waals surface area (Å²) in [6, 6.07) is 0. The number of cyclic esters (lactones) is 1. The molecule has 12 heteroatoms. The van der Waals surface area contributed by atoms with Crippen molar-refractivity contribution in [3.05, 3.63) is 72.9 Å². The van der Waals surface area contributed by atoms with E-state index in [1.807, 2.05) is 26.8 Å². The van der Waals surface area contributed by atoms with Crippen LogP contribution in [0.1, 0.15) is 78.6 Å². The van der Waals surface area contributed by atoms with Gasteiger partial charge in [-0.2, -0.15) is 0 Å². The molecule has 12 nitrogen and oxygen atoms in total. The number of hydrogen-bond acceptors (Lipinski definition) is 12. The van der Waals surface area contributed by atoms with Gasteiger partial charge >= 0.3 is 5.97 Å². The lowest BCUT2D eigenvalue weighted by atomic mass is 9.78. The molecule has 0 aliphatic carbocycles. The molecule has 5 saturated heterocycles. The van der Waals surface area contributed by atoms with Crippen molar-refractivity contribution in [1.82, 2.24) is 0 Å². The Labute approximate surface area is 324 Å². The number of carbonyl (C=O) groups excluding carboxylic acids is 1. The number of rotatable bonds is 1. The molecule has 0 saturated carbocycles. The minimum atomic E-state index is -1.91. The number of fused-ring (bicyclic) bond motifs is 11. The molecule has 0 aromatic carbocycles. The molecule has 9 bridgehead atoms. The minimum Gasteiger partial charge on any atom is -0.450 e. The Balaban J connectivity index is 1.23. The van der Waals surface area contributed by atoms with Crippen LogP contribution >= 0.6 is 0 Å². The minimum absolute atomic E-state index is 0.0277. The Morgan fingerprint density at radius 2 is 1.58 bits per heavy atom. The highest BCUT2D eigenvalue weighted by atomic mass is 16.7. The van der Waals surface area contributed by atoms with Gasteiger partial charge in [-0.3, -0.25) is 0 Å². The summed E-state index contributed by atoms with van der Waals surface area (Å²) in [5.74, 6) is -4.48. The number of esters is 1. The normalized spacial score (nSPS) is 49.3. The van der Waals surface area contributed by atoms with E-state index >= 15 is 0 Å². The Kier molecular flexibility index (Phi) is 11.9. The molecule has 0 radical (unpaired) electrons. The van der Waals surface area contributed by atoms with E-state index in [1.165, 1.54) is 6.08 Å². The molecule has 17 atom stereocenters. The van der Waals surface area contributed by atoms with Gasteiger partial charge in [0.25, 0.3) is 0 Å². The Bertz CT molecular complexity index is 1570. The summed E-state index contributed by atoms with van der Waals surface area (Å²) in [4.78, 5) is 14.2. The van der Waals surface area contributed by atoms with Gasteiger partial charge in [-0.05, 0) is 91.6 Å². The summed E-state index contributed by atoms with van der Waals surface area (Å²) in [6.45, 7) is 23.0. The van der Waals surface area contributed by atoms with Crippen LogP contribution in [0.15, 0.2) is 72.9 Å². The zero-order valence-electron chi connectivity index (χ0n) is 32.4. The molecule has 0 aromatic rings. The van der Waals surface area contributed by atoms with Crippen LogP contribution < -0.4 is 0 Å². The maximum Gasteiger partial charge on any atom is 0.340 e. The SMILES string of the molecule is C=C1C[C@H](O)[C@@H]2O[C@H]1C(=O)O[C@H]([C@]1(O)OCC[C@H](C)[C@H]1C)/C=C\C[C@@H](O)[C@H](O)C(=C)[C@@H]1CC[C@H](O1)[C@H]1C=CC[C@H](O1)[C@@H]1CCC(=C)[C@@]3(C[C@@H](C)C(=C)[C@H]2O3)O1. The first-order valence-corrected chi connectivity index (χ1v) is 20.1. The van der Waals surface area contributed by atoms with Gasteiger partial charge in [0.1, 0.15) is 24.4 Å². The van der Waals surface area contributed by atoms with Gasteiger partial charge in [-0.25, -0.2) is 4.79 Å². The number of aliphatic hydroxyl groups excluding tert-OH is 3. The second kappa shape index (κ2) is 16.0. The van der Waals surface area contributed by atoms with Crippen molar-refractivity contribution >= 4 is 5.97 Å². The van der Waals surface area contributed by atoms with Crippen molar-refractivity contribution in [1.29, 1.82) is 0 Å². The molecule has 55 heavy (non-hydrogen) atoms. The lowest BCUT2D eigenvalue weighted by Gasteiger charge is -2.53. The van der Waals surface area contributed by atoms with Crippen LogP contribution in [-0.4, -0.2) is 118 Å². The second-order valence-electron chi connectivity index (χ2n) is 17.0. The van der Waals surface area contributed by atoms with Crippen LogP contribution in [0, 0.1) is 17.8 Å². The average Bonchev–Trinajstić information content (AvgIpc) is 3.66. The molecule has 304 valence electrons. The van der Waals surface area contributed by atoms with Crippen molar-refractivity contribution < 1.29 is 58.4 Å². The molecule has 0 amide bonds. The molecule has 7 aliphatic rings. The topological polar surface area (TPSA) is 163 Å². The van der Waals surface area contributed by atoms with E-state index < -0.39 is 72.3 Å². The highest BCUT2D eigenvalue weighted by molar-refractivity contribution is 5.79. The van der Waals surface area contributed by atoms with Crippen LogP contribution in [0.25, 0.3) is 0 Å². The fourth-order valence-electron chi connectivity index (χ4n) is 9.38. The third-order valence-corrected chi connectivity index (χ3v) is 13.3. The van der Waals surface area contributed by atoms with Crippen LogP contribution in [-0.2, 0) is 38.0 Å². The van der Waals surface area contributed by atoms with Crippen LogP contribution in [0.5, 0.6) is 0 Å². The van der Waals surface area contributed by atoms with E-state index in [1.54, 1.807) is 6.08 Å². The first-order chi connectivity index (χ1) is 26.1. The molecular weight excluding hydrogens is 708 g/mol. The maximum atomic E-state index is 14.2. The largest absolute Gasteiger partial charge is 0.450 e. The summed E-state index contributed by atoms with van der Waals surface area (Å²) in [6.07, 6.45) is 1.50. The standard InChI is InChI=1S/C43H60O12/c1-22-18-19-49-43(48,28(22)7)36-13-8-10-29(44)37(46)27(6)31-16-17-34(50-31)32-11-9-12-33(51-32)35-15-14-25(4)42(54-35)21-24(3)26(5)39(55-42)40-30(45)20-23(2)38(53-40)41(47)52-36/h8-9,11,13,22,24,28-40,44-46,48H,2,4-6,10,12,14-21H2,1,3,7H3/b13-8-/t22-,24+,28+,29+,30-,31-,32+,33-,34-,35-,36-,37+,38+,39+,40-,42-,43+/m0/s1. The fraction of sp³-hybridized carbons (Fsp3) is 0.698. The zero-order valence-corrected chi connectivity index (χ0v) is 32.4. The van der Waals surface area contributed by atoms with Gasteiger partial charge in [0.2, 0.25) is 5.79 Å². The third-order valence-electron chi connectivity index (χ3n) is 13.3. The number of aliphatic hydroxyl groups is 4. The second-order valence-corrected chi connectivity index (χ2v) is 17.0. The van der Waals surface area contributed by atoms with E-state index in [9.17, 15) is 25.2 Å². The predicted octanol–water partition coefficient (Wildman–Crippen LogP) is 4.27. The van der Waals surface area contributed by atoms with Crippen molar-refractivity contribution in [2.45, 2.75) is 163 Å². The lowest BCUT2D eigenvalue weighted by Crippen LogP contribution is -2.60. The van der Waals surface area contributed by atoms with Gasteiger partial charge in [0.15, 0.2) is 18.0 Å². The molecule has 5 fully saturated rings. The Hall–Kier alpha value is -2.49. The lowest BCUT2D eigenvalue weighted by molar-refractivity contribution is -0.317. The predicted molar refractivity (Wildman–Crippen MR) is 201 cm³/mol. The molecule has 7 heterocycles. The Morgan fingerprint density at radius 1 is 0.818 bits per heavy atom. The van der Waals surface area contributed by atoms with Gasteiger partial charge in [-0.15, -0.1) is 0 Å². The highest BCUT2D eigenvalue weighted by Gasteiger charge is 2.55. The first kappa shape index (κ1) is 40.7. The van der Waals surface area contributed by atoms with E-state index in [0.29, 0.717) is 61.7 Å². The molecule has 0 unspecified atom stereocenters. The van der Waals surface area contributed by atoms with E-state index in [4.69, 9.17) is 33.2 Å². The molecule has 4 N–H and O–H groups in total. The van der Waals surface area contributed by atoms with E-state index in [2.05, 4.69) is 32.4 Å². The number of carbonyl (C=O) groups is 1. The summed E-state index contributed by atoms with van der Waals surface area (Å²) in [7, 11) is 0. The molecular formula is C43H60O12. The van der Waals surface area contributed by atoms with Crippen molar-refractivity contribution in [2.24, 2.45) is 17.8 Å². The van der Waals surface area contributed by atoms with Crippen LogP contribution in [0.4, 0.5) is 0 Å². The third kappa shape index (κ3) is 7.77. The maximum absolute atomic E-state index is 14.2. The monoisotopic (exact) mass is 768 g/mol. The molecule has 0 aromatic heterocycles. The van der Waals surface area contributed by atoms with E-state index in [-0.39, 0.29) is 55.7 Å². The van der Waals surface area contributed by atoms with Crippen LogP contribution in [0.2, 0.25) is 0 Å². The zero-order chi connectivity index (χ0) is 39.4. The van der Waals surface area contributed by atoms with Gasteiger partial charge < -0.3 is 53.6 Å². The van der Waals surface area contributed by atoms with Gasteiger partial charge in [0.05, 0.1) is 43.2 Å². The summed E-state index contributed by atoms with van der Waals surface area (Å²) in [5.41, 5.74) is 2.12. The number of hydrogen-bond donors (Lipinski definition) is 4. The highest BCUT2D eigenvalue weighted by Crippen LogP contribution is 2.49. The first-order valence-electron chi connectivity index (χ1n) is 20.1. The van der Waals surface area contributed by atoms with Gasteiger partial charge in [0, 0.05) is 12.3 Å². The Morgan fingerprint density at radius 3 is 2.36 bits per heavy atom. The van der Waals surface area contributed by atoms with Crippen molar-refractivity contribution in [2.75, 3.05) is 6.61 Å². The molecule has 7 aliphatic heterocycles.